The average molecular weight is 541 g/mol. The van der Waals surface area contributed by atoms with Crippen molar-refractivity contribution in [2.75, 3.05) is 57.6 Å². The van der Waals surface area contributed by atoms with Crippen molar-refractivity contribution >= 4 is 48.3 Å². The molecule has 4 aromatic rings. The second kappa shape index (κ2) is 9.95. The number of hydrogen-bond acceptors (Lipinski definition) is 8. The molecular formula is C26H32N6O3S2. The Kier molecular flexibility index (Phi) is 6.66. The van der Waals surface area contributed by atoms with Crippen LogP contribution in [0.25, 0.3) is 27.1 Å². The Bertz CT molecular complexity index is 1530. The first kappa shape index (κ1) is 24.7. The fourth-order valence-electron chi connectivity index (χ4n) is 5.33. The van der Waals surface area contributed by atoms with Crippen LogP contribution in [-0.4, -0.2) is 90.9 Å². The molecule has 11 heteroatoms. The first-order chi connectivity index (χ1) is 17.9. The Balaban J connectivity index is 1.36. The van der Waals surface area contributed by atoms with E-state index in [0.29, 0.717) is 25.7 Å². The molecule has 0 N–H and O–H groups in total. The van der Waals surface area contributed by atoms with Gasteiger partial charge in [-0.25, -0.2) is 17.7 Å². The number of aromatic nitrogens is 3. The van der Waals surface area contributed by atoms with Crippen LogP contribution >= 0.6 is 11.3 Å². The number of rotatable bonds is 7. The molecular weight excluding hydrogens is 508 g/mol. The van der Waals surface area contributed by atoms with E-state index >= 15 is 0 Å². The lowest BCUT2D eigenvalue weighted by Crippen LogP contribution is -2.40. The fourth-order valence-corrected chi connectivity index (χ4v) is 6.91. The molecule has 9 nitrogen and oxygen atoms in total. The predicted octanol–water partition coefficient (Wildman–Crippen LogP) is 3.33. The van der Waals surface area contributed by atoms with Gasteiger partial charge >= 0.3 is 0 Å². The van der Waals surface area contributed by atoms with Gasteiger partial charge in [0.15, 0.2) is 5.82 Å². The number of sulfonamides is 1. The van der Waals surface area contributed by atoms with Gasteiger partial charge in [0.1, 0.15) is 0 Å². The van der Waals surface area contributed by atoms with Gasteiger partial charge in [-0.3, -0.25) is 9.47 Å². The number of hydrogen-bond donors (Lipinski definition) is 0. The van der Waals surface area contributed by atoms with Crippen LogP contribution in [0.15, 0.2) is 42.6 Å². The second-order valence-corrected chi connectivity index (χ2v) is 13.2. The highest BCUT2D eigenvalue weighted by molar-refractivity contribution is 7.88. The highest BCUT2D eigenvalue weighted by Gasteiger charge is 2.29. The Labute approximate surface area is 221 Å². The number of para-hydroxylation sites is 1. The van der Waals surface area contributed by atoms with E-state index in [9.17, 15) is 8.42 Å². The molecule has 6 rings (SSSR count). The van der Waals surface area contributed by atoms with Crippen molar-refractivity contribution in [1.82, 2.24) is 23.7 Å². The first-order valence-electron chi connectivity index (χ1n) is 12.7. The molecule has 3 aromatic heterocycles. The summed E-state index contributed by atoms with van der Waals surface area (Å²) in [6, 6.07) is 12.8. The van der Waals surface area contributed by atoms with Gasteiger partial charge in [-0.1, -0.05) is 18.2 Å². The highest BCUT2D eigenvalue weighted by Crippen LogP contribution is 2.35. The number of anilines is 1. The molecule has 1 unspecified atom stereocenters. The van der Waals surface area contributed by atoms with Gasteiger partial charge in [-0.05, 0) is 37.6 Å². The van der Waals surface area contributed by atoms with Crippen LogP contribution in [0.2, 0.25) is 0 Å². The maximum Gasteiger partial charge on any atom is 0.236 e. The van der Waals surface area contributed by atoms with Gasteiger partial charge in [0.2, 0.25) is 16.0 Å². The van der Waals surface area contributed by atoms with Crippen LogP contribution in [0.1, 0.15) is 17.7 Å². The molecule has 2 aliphatic heterocycles. The normalized spacial score (nSPS) is 19.5. The van der Waals surface area contributed by atoms with Gasteiger partial charge < -0.3 is 9.64 Å². The molecule has 0 bridgehead atoms. The Morgan fingerprint density at radius 3 is 2.76 bits per heavy atom. The van der Waals surface area contributed by atoms with Crippen molar-refractivity contribution in [3.05, 3.63) is 47.5 Å². The van der Waals surface area contributed by atoms with Crippen LogP contribution in [0, 0.1) is 0 Å². The number of benzene rings is 1. The molecule has 1 aromatic carbocycles. The lowest BCUT2D eigenvalue weighted by atomic mass is 10.2. The molecule has 2 aliphatic rings. The molecule has 0 radical (unpaired) electrons. The van der Waals surface area contributed by atoms with Crippen LogP contribution in [0.5, 0.6) is 0 Å². The zero-order valence-electron chi connectivity index (χ0n) is 21.2. The SMILES string of the molecule is CN(CC1CCCN1Cc1cc2nc(-n3ccc4ccccc43)nc(N3CCOCC3)c2s1)S(C)(=O)=O. The number of fused-ring (bicyclic) bond motifs is 2. The molecule has 1 atom stereocenters. The molecule has 5 heterocycles. The average Bonchev–Trinajstić information content (AvgIpc) is 3.62. The van der Waals surface area contributed by atoms with E-state index in [1.54, 1.807) is 18.4 Å². The quantitative estimate of drug-likeness (QED) is 0.356. The minimum Gasteiger partial charge on any atom is -0.378 e. The third-order valence-corrected chi connectivity index (χ3v) is 9.80. The molecule has 0 amide bonds. The van der Waals surface area contributed by atoms with Gasteiger partial charge in [0, 0.05) is 55.7 Å². The number of nitrogens with zero attached hydrogens (tertiary/aromatic N) is 6. The summed E-state index contributed by atoms with van der Waals surface area (Å²) in [5.74, 6) is 1.64. The third kappa shape index (κ3) is 4.98. The van der Waals surface area contributed by atoms with Crippen LogP contribution in [0.4, 0.5) is 5.82 Å². The van der Waals surface area contributed by atoms with E-state index in [1.165, 1.54) is 15.4 Å². The smallest absolute Gasteiger partial charge is 0.236 e. The lowest BCUT2D eigenvalue weighted by Gasteiger charge is -2.28. The zero-order chi connectivity index (χ0) is 25.6. The standard InChI is InChI=1S/C26H32N6O3S2/c1-29(37(2,33)34)17-20-7-5-10-31(20)18-21-16-22-24(36-21)25(30-12-14-35-15-13-30)28-26(27-22)32-11-9-19-6-3-4-8-23(19)32/h3-4,6,8-9,11,16,20H,5,7,10,12-15,17-18H2,1-2H3. The molecule has 0 spiro atoms. The first-order valence-corrected chi connectivity index (χ1v) is 15.4. The fraction of sp³-hybridized carbons (Fsp3) is 0.462. The summed E-state index contributed by atoms with van der Waals surface area (Å²) in [4.78, 5) is 16.0. The maximum atomic E-state index is 12.0. The molecule has 0 aliphatic carbocycles. The summed E-state index contributed by atoms with van der Waals surface area (Å²) in [6.07, 6.45) is 5.40. The minimum absolute atomic E-state index is 0.219. The second-order valence-electron chi connectivity index (χ2n) is 9.93. The van der Waals surface area contributed by atoms with Gasteiger partial charge in [-0.15, -0.1) is 11.3 Å². The highest BCUT2D eigenvalue weighted by atomic mass is 32.2. The van der Waals surface area contributed by atoms with Crippen LogP contribution in [-0.2, 0) is 21.3 Å². The van der Waals surface area contributed by atoms with Crippen molar-refractivity contribution < 1.29 is 13.2 Å². The van der Waals surface area contributed by atoms with Gasteiger partial charge in [-0.2, -0.15) is 4.98 Å². The van der Waals surface area contributed by atoms with Crippen molar-refractivity contribution in [3.8, 4) is 5.95 Å². The van der Waals surface area contributed by atoms with E-state index in [2.05, 4.69) is 38.6 Å². The Morgan fingerprint density at radius 1 is 1.14 bits per heavy atom. The monoisotopic (exact) mass is 540 g/mol. The number of morpholine rings is 1. The lowest BCUT2D eigenvalue weighted by molar-refractivity contribution is 0.122. The number of thiophene rings is 1. The minimum atomic E-state index is -3.19. The predicted molar refractivity (Wildman–Crippen MR) is 148 cm³/mol. The number of ether oxygens (including phenoxy) is 1. The van der Waals surface area contributed by atoms with Crippen LogP contribution in [0.3, 0.4) is 0 Å². The largest absolute Gasteiger partial charge is 0.378 e. The molecule has 37 heavy (non-hydrogen) atoms. The van der Waals surface area contributed by atoms with E-state index < -0.39 is 10.0 Å². The maximum absolute atomic E-state index is 12.0. The van der Waals surface area contributed by atoms with Crippen molar-refractivity contribution in [3.63, 3.8) is 0 Å². The van der Waals surface area contributed by atoms with E-state index in [-0.39, 0.29) is 6.04 Å². The Hall–Kier alpha value is -2.57. The summed E-state index contributed by atoms with van der Waals surface area (Å²) in [5, 5.41) is 1.16. The topological polar surface area (TPSA) is 83.8 Å². The van der Waals surface area contributed by atoms with Gasteiger partial charge in [0.05, 0.1) is 35.2 Å². The van der Waals surface area contributed by atoms with E-state index in [0.717, 1.165) is 66.0 Å². The number of likely N-dealkylation sites (tertiary alicyclic amines) is 1. The summed E-state index contributed by atoms with van der Waals surface area (Å²) < 4.78 is 34.2. The van der Waals surface area contributed by atoms with E-state index in [4.69, 9.17) is 14.7 Å². The number of likely N-dealkylation sites (N-methyl/N-ethyl adjacent to an activating group) is 1. The molecule has 0 saturated carbocycles. The van der Waals surface area contributed by atoms with Crippen LogP contribution < -0.4 is 4.90 Å². The summed E-state index contributed by atoms with van der Waals surface area (Å²) in [7, 11) is -1.53. The van der Waals surface area contributed by atoms with Crippen molar-refractivity contribution in [2.45, 2.75) is 25.4 Å². The molecule has 2 saturated heterocycles. The van der Waals surface area contributed by atoms with Crippen molar-refractivity contribution in [1.29, 1.82) is 0 Å². The molecule has 2 fully saturated rings. The van der Waals surface area contributed by atoms with Crippen molar-refractivity contribution in [2.24, 2.45) is 0 Å². The zero-order valence-corrected chi connectivity index (χ0v) is 22.8. The van der Waals surface area contributed by atoms with E-state index in [1.807, 2.05) is 18.3 Å². The summed E-state index contributed by atoms with van der Waals surface area (Å²) >= 11 is 1.75. The summed E-state index contributed by atoms with van der Waals surface area (Å²) in [6.45, 7) is 5.26. The Morgan fingerprint density at radius 2 is 1.95 bits per heavy atom. The third-order valence-electron chi connectivity index (χ3n) is 7.41. The van der Waals surface area contributed by atoms with Gasteiger partial charge in [0.25, 0.3) is 0 Å². The summed E-state index contributed by atoms with van der Waals surface area (Å²) in [5.41, 5.74) is 2.04. The molecule has 196 valence electrons.